The molecule has 0 unspecified atom stereocenters. The summed E-state index contributed by atoms with van der Waals surface area (Å²) in [6.45, 7) is 0. The number of hydrogen-bond donors (Lipinski definition) is 0. The van der Waals surface area contributed by atoms with Crippen LogP contribution in [0.1, 0.15) is 0 Å². The van der Waals surface area contributed by atoms with Crippen LogP contribution in [0.5, 0.6) is 0 Å². The molecule has 5 aromatic carbocycles. The van der Waals surface area contributed by atoms with E-state index in [4.69, 9.17) is 14.4 Å². The van der Waals surface area contributed by atoms with Gasteiger partial charge >= 0.3 is 0 Å². The van der Waals surface area contributed by atoms with Crippen molar-refractivity contribution in [1.29, 1.82) is 0 Å². The van der Waals surface area contributed by atoms with Crippen LogP contribution in [0.25, 0.3) is 66.6 Å². The Morgan fingerprint density at radius 1 is 0.528 bits per heavy atom. The van der Waals surface area contributed by atoms with Gasteiger partial charge in [0, 0.05) is 31.9 Å². The summed E-state index contributed by atoms with van der Waals surface area (Å²) < 4.78 is 7.41. The Labute approximate surface area is 216 Å². The number of fused-ring (bicyclic) bond motifs is 4. The first kappa shape index (κ1) is 21.0. The zero-order chi connectivity index (χ0) is 24.1. The molecule has 0 radical (unpaired) electrons. The molecule has 0 saturated heterocycles. The summed E-state index contributed by atoms with van der Waals surface area (Å²) in [6.07, 6.45) is 0. The van der Waals surface area contributed by atoms with E-state index in [1.54, 1.807) is 0 Å². The molecule has 0 aliphatic carbocycles. The minimum absolute atomic E-state index is 0.684. The fraction of sp³-hybridized carbons (Fsp3) is 0. The van der Waals surface area contributed by atoms with Gasteiger partial charge in [-0.3, -0.25) is 0 Å². The fourth-order valence-electron chi connectivity index (χ4n) is 4.87. The lowest BCUT2D eigenvalue weighted by molar-refractivity contribution is 0.670. The van der Waals surface area contributed by atoms with Crippen LogP contribution in [0, 0.1) is 0 Å². The van der Waals surface area contributed by atoms with E-state index in [1.807, 2.05) is 48.5 Å². The molecule has 4 heteroatoms. The Hall–Kier alpha value is -4.28. The lowest BCUT2D eigenvalue weighted by Gasteiger charge is -2.12. The van der Waals surface area contributed by atoms with E-state index in [-0.39, 0.29) is 0 Å². The van der Waals surface area contributed by atoms with Crippen molar-refractivity contribution in [3.05, 3.63) is 120 Å². The Kier molecular flexibility index (Phi) is 4.93. The second-order valence-corrected chi connectivity index (χ2v) is 9.60. The molecule has 7 aromatic rings. The molecular weight excluding hydrogens is 508 g/mol. The summed E-state index contributed by atoms with van der Waals surface area (Å²) >= 11 is 3.70. The lowest BCUT2D eigenvalue weighted by Crippen LogP contribution is -1.96. The van der Waals surface area contributed by atoms with Crippen LogP contribution in [-0.4, -0.2) is 9.97 Å². The van der Waals surface area contributed by atoms with Crippen molar-refractivity contribution in [3.8, 4) is 33.9 Å². The smallest absolute Gasteiger partial charge is 0.160 e. The van der Waals surface area contributed by atoms with Gasteiger partial charge in [-0.1, -0.05) is 107 Å². The van der Waals surface area contributed by atoms with Crippen molar-refractivity contribution in [2.45, 2.75) is 0 Å². The van der Waals surface area contributed by atoms with E-state index in [9.17, 15) is 0 Å². The molecule has 3 nitrogen and oxygen atoms in total. The van der Waals surface area contributed by atoms with Gasteiger partial charge in [-0.25, -0.2) is 9.97 Å². The van der Waals surface area contributed by atoms with Crippen LogP contribution in [0.15, 0.2) is 124 Å². The Balaban J connectivity index is 1.53. The number of benzene rings is 5. The summed E-state index contributed by atoms with van der Waals surface area (Å²) in [5.41, 5.74) is 6.39. The number of aromatic nitrogens is 2. The van der Waals surface area contributed by atoms with E-state index in [2.05, 4.69) is 82.7 Å². The highest BCUT2D eigenvalue weighted by Crippen LogP contribution is 2.38. The Morgan fingerprint density at radius 3 is 2.03 bits per heavy atom. The topological polar surface area (TPSA) is 38.9 Å². The highest BCUT2D eigenvalue weighted by Gasteiger charge is 2.17. The lowest BCUT2D eigenvalue weighted by atomic mass is 10.00. The van der Waals surface area contributed by atoms with E-state index >= 15 is 0 Å². The molecule has 0 spiro atoms. The maximum Gasteiger partial charge on any atom is 0.160 e. The van der Waals surface area contributed by atoms with Gasteiger partial charge in [0.1, 0.15) is 11.2 Å². The van der Waals surface area contributed by atoms with Crippen LogP contribution in [0.3, 0.4) is 0 Å². The quantitative estimate of drug-likeness (QED) is 0.230. The number of nitrogens with zero attached hydrogens (tertiary/aromatic N) is 2. The minimum atomic E-state index is 0.684. The fourth-order valence-corrected chi connectivity index (χ4v) is 5.35. The van der Waals surface area contributed by atoms with Gasteiger partial charge in [0.05, 0.1) is 11.4 Å². The molecular formula is C32H19BrN2O. The summed E-state index contributed by atoms with van der Waals surface area (Å²) in [4.78, 5) is 10.1. The zero-order valence-electron chi connectivity index (χ0n) is 19.2. The van der Waals surface area contributed by atoms with Crippen molar-refractivity contribution >= 4 is 48.6 Å². The molecule has 170 valence electrons. The van der Waals surface area contributed by atoms with Crippen molar-refractivity contribution in [3.63, 3.8) is 0 Å². The number of rotatable bonds is 3. The Morgan fingerprint density at radius 2 is 1.19 bits per heavy atom. The second kappa shape index (κ2) is 8.43. The van der Waals surface area contributed by atoms with Gasteiger partial charge in [0.2, 0.25) is 0 Å². The monoisotopic (exact) mass is 526 g/mol. The average molecular weight is 527 g/mol. The van der Waals surface area contributed by atoms with Gasteiger partial charge in [-0.15, -0.1) is 0 Å². The molecule has 0 atom stereocenters. The first-order chi connectivity index (χ1) is 17.8. The van der Waals surface area contributed by atoms with Crippen molar-refractivity contribution in [2.24, 2.45) is 0 Å². The van der Waals surface area contributed by atoms with E-state index in [0.717, 1.165) is 65.3 Å². The third-order valence-corrected chi connectivity index (χ3v) is 7.28. The van der Waals surface area contributed by atoms with Crippen LogP contribution < -0.4 is 0 Å². The number of hydrogen-bond acceptors (Lipinski definition) is 3. The normalized spacial score (nSPS) is 11.5. The number of furan rings is 1. The molecule has 0 aliphatic heterocycles. The van der Waals surface area contributed by atoms with Crippen molar-refractivity contribution in [2.75, 3.05) is 0 Å². The predicted molar refractivity (Wildman–Crippen MR) is 151 cm³/mol. The van der Waals surface area contributed by atoms with E-state index in [1.165, 1.54) is 0 Å². The molecule has 0 aliphatic rings. The van der Waals surface area contributed by atoms with E-state index < -0.39 is 0 Å². The zero-order valence-corrected chi connectivity index (χ0v) is 20.7. The van der Waals surface area contributed by atoms with Crippen molar-refractivity contribution < 1.29 is 4.42 Å². The molecule has 0 fully saturated rings. The minimum Gasteiger partial charge on any atom is -0.455 e. The van der Waals surface area contributed by atoms with E-state index in [0.29, 0.717) is 5.82 Å². The van der Waals surface area contributed by atoms with Crippen LogP contribution >= 0.6 is 15.9 Å². The molecule has 0 saturated carbocycles. The molecule has 0 N–H and O–H groups in total. The average Bonchev–Trinajstić information content (AvgIpc) is 3.33. The van der Waals surface area contributed by atoms with Crippen LogP contribution in [0.2, 0.25) is 0 Å². The third-order valence-electron chi connectivity index (χ3n) is 6.59. The molecule has 0 bridgehead atoms. The van der Waals surface area contributed by atoms with Crippen LogP contribution in [0.4, 0.5) is 0 Å². The van der Waals surface area contributed by atoms with Crippen LogP contribution in [-0.2, 0) is 0 Å². The largest absolute Gasteiger partial charge is 0.455 e. The number of para-hydroxylation sites is 2. The first-order valence-corrected chi connectivity index (χ1v) is 12.6. The highest BCUT2D eigenvalue weighted by atomic mass is 79.9. The van der Waals surface area contributed by atoms with Gasteiger partial charge < -0.3 is 4.42 Å². The molecule has 36 heavy (non-hydrogen) atoms. The maximum absolute atomic E-state index is 6.35. The summed E-state index contributed by atoms with van der Waals surface area (Å²) in [5, 5.41) is 4.47. The van der Waals surface area contributed by atoms with Gasteiger partial charge in [-0.05, 0) is 35.0 Å². The SMILES string of the molecule is Brc1ccc(-c2cc(-c3cccc4c3oc3ccccc34)nc(-c3ccccc3)n2)c2ccccc12. The first-order valence-electron chi connectivity index (χ1n) is 11.8. The second-order valence-electron chi connectivity index (χ2n) is 8.75. The molecule has 7 rings (SSSR count). The summed E-state index contributed by atoms with van der Waals surface area (Å²) in [5.74, 6) is 0.684. The molecule has 2 heterocycles. The third kappa shape index (κ3) is 3.42. The molecule has 2 aromatic heterocycles. The predicted octanol–water partition coefficient (Wildman–Crippen LogP) is 9.29. The summed E-state index contributed by atoms with van der Waals surface area (Å²) in [6, 6.07) is 39.2. The highest BCUT2D eigenvalue weighted by molar-refractivity contribution is 9.10. The standard InChI is InChI=1S/C32H19BrN2O/c33-27-18-17-23(21-11-4-5-12-22(21)27)28-19-29(35-32(34-28)20-9-2-1-3-10-20)26-15-8-14-25-24-13-6-7-16-30(24)36-31(25)26/h1-19H. The van der Waals surface area contributed by atoms with Gasteiger partial charge in [0.15, 0.2) is 5.82 Å². The summed E-state index contributed by atoms with van der Waals surface area (Å²) in [7, 11) is 0. The van der Waals surface area contributed by atoms with Crippen molar-refractivity contribution in [1.82, 2.24) is 9.97 Å². The van der Waals surface area contributed by atoms with Gasteiger partial charge in [0.25, 0.3) is 0 Å². The molecule has 0 amide bonds. The van der Waals surface area contributed by atoms with Gasteiger partial charge in [-0.2, -0.15) is 0 Å². The maximum atomic E-state index is 6.35. The Bertz CT molecular complexity index is 1910. The number of halogens is 1.